The number of nitro groups is 1. The van der Waals surface area contributed by atoms with Crippen LogP contribution in [-0.2, 0) is 0 Å². The Labute approximate surface area is 113 Å². The third-order valence-electron chi connectivity index (χ3n) is 1.82. The molecule has 0 amide bonds. The lowest BCUT2D eigenvalue weighted by Crippen LogP contribution is -2.27. The van der Waals surface area contributed by atoms with Gasteiger partial charge in [-0.3, -0.25) is 10.1 Å². The van der Waals surface area contributed by atoms with E-state index in [0.29, 0.717) is 5.02 Å². The highest BCUT2D eigenvalue weighted by Gasteiger charge is 2.30. The van der Waals surface area contributed by atoms with Gasteiger partial charge in [0.2, 0.25) is 0 Å². The Morgan fingerprint density at radius 2 is 1.71 bits per heavy atom. The van der Waals surface area contributed by atoms with E-state index in [9.17, 15) is 10.1 Å². The fourth-order valence-corrected chi connectivity index (χ4v) is 1.73. The number of azo groups is 1. The van der Waals surface area contributed by atoms with E-state index in [1.165, 1.54) is 26.0 Å². The summed E-state index contributed by atoms with van der Waals surface area (Å²) < 4.78 is 0. The third kappa shape index (κ3) is 3.52. The van der Waals surface area contributed by atoms with E-state index in [1.807, 2.05) is 0 Å². The van der Waals surface area contributed by atoms with Crippen LogP contribution in [0.25, 0.3) is 0 Å². The zero-order valence-electron chi connectivity index (χ0n) is 8.95. The smallest absolute Gasteiger partial charge is 0.262 e. The molecule has 17 heavy (non-hydrogen) atoms. The monoisotopic (exact) mass is 295 g/mol. The van der Waals surface area contributed by atoms with Gasteiger partial charge < -0.3 is 0 Å². The molecular weight excluding hydrogens is 288 g/mol. The molecule has 0 fully saturated rings. The van der Waals surface area contributed by atoms with Crippen LogP contribution in [0.1, 0.15) is 13.8 Å². The van der Waals surface area contributed by atoms with Gasteiger partial charge in [0.05, 0.1) is 15.0 Å². The third-order valence-corrected chi connectivity index (χ3v) is 2.62. The maximum Gasteiger partial charge on any atom is 0.324 e. The minimum atomic E-state index is -1.54. The van der Waals surface area contributed by atoms with Crippen LogP contribution in [0, 0.1) is 10.1 Å². The highest BCUT2D eigenvalue weighted by atomic mass is 35.5. The molecular formula is C9H8Cl3N3O2. The van der Waals surface area contributed by atoms with E-state index < -0.39 is 10.6 Å². The van der Waals surface area contributed by atoms with Gasteiger partial charge in [0.15, 0.2) is 0 Å². The van der Waals surface area contributed by atoms with Gasteiger partial charge in [-0.25, -0.2) is 0 Å². The second-order valence-electron chi connectivity index (χ2n) is 3.67. The van der Waals surface area contributed by atoms with Crippen molar-refractivity contribution in [2.24, 2.45) is 10.2 Å². The minimum absolute atomic E-state index is 0.160. The summed E-state index contributed by atoms with van der Waals surface area (Å²) in [7, 11) is 0. The van der Waals surface area contributed by atoms with Gasteiger partial charge in [0.25, 0.3) is 0 Å². The summed E-state index contributed by atoms with van der Waals surface area (Å²) in [4.78, 5) is 10.1. The van der Waals surface area contributed by atoms with Crippen molar-refractivity contribution in [1.29, 1.82) is 0 Å². The predicted octanol–water partition coefficient (Wildman–Crippen LogP) is 4.74. The minimum Gasteiger partial charge on any atom is -0.262 e. The van der Waals surface area contributed by atoms with Crippen molar-refractivity contribution in [3.8, 4) is 0 Å². The second kappa shape index (κ2) is 5.16. The van der Waals surface area contributed by atoms with Gasteiger partial charge in [0, 0.05) is 18.9 Å². The molecule has 0 N–H and O–H groups in total. The lowest BCUT2D eigenvalue weighted by Gasteiger charge is -2.08. The molecule has 0 saturated heterocycles. The zero-order chi connectivity index (χ0) is 13.2. The molecule has 1 aromatic rings. The summed E-state index contributed by atoms with van der Waals surface area (Å²) in [5.41, 5.74) is -1.38. The molecule has 1 aromatic carbocycles. The van der Waals surface area contributed by atoms with Gasteiger partial charge in [0.1, 0.15) is 5.69 Å². The number of rotatable bonds is 3. The summed E-state index contributed by atoms with van der Waals surface area (Å²) in [6.45, 7) is 2.63. The standard InChI is InChI=1S/C9H8Cl3N3O2/c1-9(2,15(16)17)14-13-8-6(11)3-5(10)4-7(8)12/h3-4H,1-2H3. The van der Waals surface area contributed by atoms with Crippen LogP contribution in [-0.4, -0.2) is 10.6 Å². The van der Waals surface area contributed by atoms with E-state index >= 15 is 0 Å². The summed E-state index contributed by atoms with van der Waals surface area (Å²) in [6.07, 6.45) is 0. The van der Waals surface area contributed by atoms with E-state index in [-0.39, 0.29) is 15.7 Å². The molecule has 0 unspecified atom stereocenters. The number of hydrogen-bond acceptors (Lipinski definition) is 4. The normalized spacial score (nSPS) is 12.1. The average Bonchev–Trinajstić information content (AvgIpc) is 2.15. The predicted molar refractivity (Wildman–Crippen MR) is 67.1 cm³/mol. The molecule has 8 heteroatoms. The molecule has 92 valence electrons. The molecule has 0 aliphatic carbocycles. The highest BCUT2D eigenvalue weighted by molar-refractivity contribution is 6.41. The average molecular weight is 297 g/mol. The number of benzene rings is 1. The van der Waals surface area contributed by atoms with E-state index in [4.69, 9.17) is 34.8 Å². The first kappa shape index (κ1) is 14.2. The van der Waals surface area contributed by atoms with E-state index in [1.54, 1.807) is 0 Å². The molecule has 0 aliphatic rings. The van der Waals surface area contributed by atoms with Crippen LogP contribution < -0.4 is 0 Å². The van der Waals surface area contributed by atoms with Crippen LogP contribution in [0.4, 0.5) is 5.69 Å². The number of hydrogen-bond donors (Lipinski definition) is 0. The van der Waals surface area contributed by atoms with Crippen molar-refractivity contribution in [1.82, 2.24) is 0 Å². The van der Waals surface area contributed by atoms with Crippen molar-refractivity contribution in [3.05, 3.63) is 37.3 Å². The topological polar surface area (TPSA) is 67.9 Å². The Bertz CT molecular complexity index is 465. The molecule has 0 spiro atoms. The molecule has 0 saturated carbocycles. The van der Waals surface area contributed by atoms with E-state index in [0.717, 1.165) is 0 Å². The molecule has 1 rings (SSSR count). The molecule has 0 aliphatic heterocycles. The fraction of sp³-hybridized carbons (Fsp3) is 0.333. The van der Waals surface area contributed by atoms with Crippen LogP contribution in [0.2, 0.25) is 15.1 Å². The van der Waals surface area contributed by atoms with Crippen molar-refractivity contribution in [3.63, 3.8) is 0 Å². The maximum atomic E-state index is 10.6. The highest BCUT2D eigenvalue weighted by Crippen LogP contribution is 2.36. The summed E-state index contributed by atoms with van der Waals surface area (Å²) in [6, 6.07) is 2.87. The van der Waals surface area contributed by atoms with Gasteiger partial charge in [-0.15, -0.1) is 10.2 Å². The van der Waals surface area contributed by atoms with Crippen LogP contribution in [0.3, 0.4) is 0 Å². The van der Waals surface area contributed by atoms with Gasteiger partial charge >= 0.3 is 5.66 Å². The maximum absolute atomic E-state index is 10.6. The van der Waals surface area contributed by atoms with Crippen molar-refractivity contribution < 1.29 is 4.92 Å². The van der Waals surface area contributed by atoms with Crippen molar-refractivity contribution in [2.75, 3.05) is 0 Å². The Hall–Kier alpha value is -0.910. The number of halogens is 3. The Kier molecular flexibility index (Phi) is 4.30. The second-order valence-corrected chi connectivity index (χ2v) is 4.92. The number of nitrogens with zero attached hydrogens (tertiary/aromatic N) is 3. The summed E-state index contributed by atoms with van der Waals surface area (Å²) >= 11 is 17.4. The fourth-order valence-electron chi connectivity index (χ4n) is 0.839. The Morgan fingerprint density at radius 1 is 1.24 bits per heavy atom. The first-order valence-electron chi connectivity index (χ1n) is 4.46. The first-order chi connectivity index (χ1) is 7.74. The lowest BCUT2D eigenvalue weighted by molar-refractivity contribution is -0.559. The van der Waals surface area contributed by atoms with Crippen LogP contribution in [0.5, 0.6) is 0 Å². The molecule has 5 nitrogen and oxygen atoms in total. The van der Waals surface area contributed by atoms with Crippen molar-refractivity contribution in [2.45, 2.75) is 19.5 Å². The molecule has 0 radical (unpaired) electrons. The van der Waals surface area contributed by atoms with Gasteiger partial charge in [-0.05, 0) is 12.1 Å². The Morgan fingerprint density at radius 3 is 2.12 bits per heavy atom. The van der Waals surface area contributed by atoms with Gasteiger partial charge in [-0.2, -0.15) is 0 Å². The summed E-state index contributed by atoms with van der Waals surface area (Å²) in [5.74, 6) is 0. The summed E-state index contributed by atoms with van der Waals surface area (Å²) in [5, 5.41) is 18.6. The molecule has 0 atom stereocenters. The molecule has 0 bridgehead atoms. The zero-order valence-corrected chi connectivity index (χ0v) is 11.2. The quantitative estimate of drug-likeness (QED) is 0.459. The van der Waals surface area contributed by atoms with Crippen LogP contribution >= 0.6 is 34.8 Å². The first-order valence-corrected chi connectivity index (χ1v) is 5.59. The van der Waals surface area contributed by atoms with Crippen LogP contribution in [0.15, 0.2) is 22.4 Å². The van der Waals surface area contributed by atoms with E-state index in [2.05, 4.69) is 10.2 Å². The van der Waals surface area contributed by atoms with Crippen molar-refractivity contribution >= 4 is 40.5 Å². The largest absolute Gasteiger partial charge is 0.324 e. The molecule has 0 aromatic heterocycles. The van der Waals surface area contributed by atoms with Gasteiger partial charge in [-0.1, -0.05) is 34.8 Å². The molecule has 0 heterocycles. The SMILES string of the molecule is CC(C)(N=Nc1c(Cl)cc(Cl)cc1Cl)[N+](=O)[O-]. The lowest BCUT2D eigenvalue weighted by atomic mass is 10.3. The Balaban J connectivity index is 3.12.